The molecule has 0 radical (unpaired) electrons. The summed E-state index contributed by atoms with van der Waals surface area (Å²) in [5.41, 5.74) is 6.64. The van der Waals surface area contributed by atoms with E-state index in [9.17, 15) is 0 Å². The molecule has 178 valence electrons. The van der Waals surface area contributed by atoms with E-state index >= 15 is 0 Å². The lowest BCUT2D eigenvalue weighted by atomic mass is 9.86. The van der Waals surface area contributed by atoms with Gasteiger partial charge in [0.2, 0.25) is 0 Å². The summed E-state index contributed by atoms with van der Waals surface area (Å²) in [6.45, 7) is 2.27. The van der Waals surface area contributed by atoms with E-state index in [4.69, 9.17) is 0 Å². The van der Waals surface area contributed by atoms with Gasteiger partial charge in [0.25, 0.3) is 0 Å². The topological polar surface area (TPSA) is 25.8 Å². The molecule has 0 amide bonds. The molecular weight excluding hydrogens is 436 g/mol. The van der Waals surface area contributed by atoms with Crippen molar-refractivity contribution >= 4 is 43.4 Å². The first-order chi connectivity index (χ1) is 17.8. The zero-order valence-electron chi connectivity index (χ0n) is 21.0. The molecule has 0 atom stereocenters. The Morgan fingerprint density at radius 2 is 1.31 bits per heavy atom. The molecule has 0 fully saturated rings. The average Bonchev–Trinajstić information content (AvgIpc) is 2.96. The first kappa shape index (κ1) is 22.7. The Balaban J connectivity index is 0.000000147. The molecule has 0 saturated carbocycles. The summed E-state index contributed by atoms with van der Waals surface area (Å²) in [5.74, 6) is 0. The van der Waals surface area contributed by atoms with Crippen LogP contribution >= 0.6 is 0 Å². The second-order valence-corrected chi connectivity index (χ2v) is 9.95. The first-order valence-corrected chi connectivity index (χ1v) is 13.4. The highest BCUT2D eigenvalue weighted by Crippen LogP contribution is 2.33. The Kier molecular flexibility index (Phi) is 6.34. The summed E-state index contributed by atoms with van der Waals surface area (Å²) in [6, 6.07) is 28.6. The maximum absolute atomic E-state index is 4.35. The van der Waals surface area contributed by atoms with Crippen LogP contribution in [0.25, 0.3) is 43.4 Å². The van der Waals surface area contributed by atoms with E-state index in [0.717, 1.165) is 21.8 Å². The Labute approximate surface area is 213 Å². The van der Waals surface area contributed by atoms with Crippen LogP contribution in [0.15, 0.2) is 91.3 Å². The van der Waals surface area contributed by atoms with Gasteiger partial charge < -0.3 is 0 Å². The van der Waals surface area contributed by atoms with Crippen molar-refractivity contribution in [3.63, 3.8) is 0 Å². The fourth-order valence-corrected chi connectivity index (χ4v) is 5.65. The lowest BCUT2D eigenvalue weighted by molar-refractivity contribution is 0.690. The smallest absolute Gasteiger partial charge is 0.0964 e. The van der Waals surface area contributed by atoms with Crippen LogP contribution in [0.2, 0.25) is 0 Å². The maximum Gasteiger partial charge on any atom is 0.0964 e. The normalized spacial score (nSPS) is 13.0. The van der Waals surface area contributed by atoms with E-state index in [2.05, 4.69) is 83.6 Å². The predicted octanol–water partition coefficient (Wildman–Crippen LogP) is 9.00. The van der Waals surface area contributed by atoms with Crippen LogP contribution in [0.5, 0.6) is 0 Å². The van der Waals surface area contributed by atoms with Gasteiger partial charge in [-0.3, -0.25) is 9.97 Å². The third kappa shape index (κ3) is 4.33. The number of fused-ring (bicyclic) bond motifs is 8. The second-order valence-electron chi connectivity index (χ2n) is 9.95. The van der Waals surface area contributed by atoms with Crippen molar-refractivity contribution in [1.82, 2.24) is 9.97 Å². The average molecular weight is 469 g/mol. The second kappa shape index (κ2) is 10.1. The van der Waals surface area contributed by atoms with Gasteiger partial charge in [-0.05, 0) is 88.9 Å². The van der Waals surface area contributed by atoms with Crippen LogP contribution < -0.4 is 0 Å². The van der Waals surface area contributed by atoms with Crippen molar-refractivity contribution in [2.24, 2.45) is 0 Å². The number of rotatable bonds is 3. The molecule has 0 unspecified atom stereocenters. The summed E-state index contributed by atoms with van der Waals surface area (Å²) < 4.78 is 0. The molecule has 36 heavy (non-hydrogen) atoms. The number of aryl methyl sites for hydroxylation is 3. The number of aromatic nitrogens is 2. The number of benzene rings is 4. The number of hydrogen-bond donors (Lipinski definition) is 0. The van der Waals surface area contributed by atoms with Gasteiger partial charge in [-0.2, -0.15) is 0 Å². The largest absolute Gasteiger partial charge is 0.254 e. The standard InChI is InChI=1S/C22H24.C12H8N2/c1-2-3-6-16-9-10-18-12-13-20-19-8-5-4-7-17(19)11-14-21(20)22(18)15-16;1-3-9-5-6-10-4-2-8-14-12(10)11(9)13-7-1/h9-15H,2-8H2,1H3;1-8H. The monoisotopic (exact) mass is 468 g/mol. The lowest BCUT2D eigenvalue weighted by Gasteiger charge is -2.19. The molecule has 2 heteroatoms. The molecule has 0 aliphatic heterocycles. The van der Waals surface area contributed by atoms with Gasteiger partial charge in [0.15, 0.2) is 0 Å². The van der Waals surface area contributed by atoms with Crippen molar-refractivity contribution < 1.29 is 0 Å². The zero-order chi connectivity index (χ0) is 24.3. The predicted molar refractivity (Wildman–Crippen MR) is 154 cm³/mol. The summed E-state index contributed by atoms with van der Waals surface area (Å²) in [4.78, 5) is 8.69. The molecule has 0 saturated heterocycles. The molecule has 2 aromatic heterocycles. The van der Waals surface area contributed by atoms with Crippen molar-refractivity contribution in [3.8, 4) is 0 Å². The van der Waals surface area contributed by atoms with Crippen LogP contribution in [0.3, 0.4) is 0 Å². The van der Waals surface area contributed by atoms with Crippen LogP contribution in [0, 0.1) is 0 Å². The van der Waals surface area contributed by atoms with E-state index in [1.165, 1.54) is 72.1 Å². The van der Waals surface area contributed by atoms with E-state index in [1.807, 2.05) is 12.1 Å². The number of pyridine rings is 2. The van der Waals surface area contributed by atoms with Gasteiger partial charge >= 0.3 is 0 Å². The minimum Gasteiger partial charge on any atom is -0.254 e. The summed E-state index contributed by atoms with van der Waals surface area (Å²) in [7, 11) is 0. The molecule has 1 aliphatic carbocycles. The minimum atomic E-state index is 0.977. The highest BCUT2D eigenvalue weighted by Gasteiger charge is 2.13. The number of nitrogens with zero attached hydrogens (tertiary/aromatic N) is 2. The van der Waals surface area contributed by atoms with Gasteiger partial charge in [-0.1, -0.05) is 80.1 Å². The number of hydrogen-bond acceptors (Lipinski definition) is 2. The van der Waals surface area contributed by atoms with E-state index in [0.29, 0.717) is 0 Å². The Morgan fingerprint density at radius 3 is 2.06 bits per heavy atom. The highest BCUT2D eigenvalue weighted by atomic mass is 14.7. The van der Waals surface area contributed by atoms with E-state index < -0.39 is 0 Å². The Morgan fingerprint density at radius 1 is 0.639 bits per heavy atom. The van der Waals surface area contributed by atoms with Crippen LogP contribution in [-0.2, 0) is 19.3 Å². The molecule has 0 bridgehead atoms. The van der Waals surface area contributed by atoms with E-state index in [1.54, 1.807) is 23.5 Å². The van der Waals surface area contributed by atoms with Crippen molar-refractivity contribution in [1.29, 1.82) is 0 Å². The van der Waals surface area contributed by atoms with Gasteiger partial charge in [-0.15, -0.1) is 0 Å². The fourth-order valence-electron chi connectivity index (χ4n) is 5.65. The highest BCUT2D eigenvalue weighted by molar-refractivity contribution is 6.09. The molecule has 6 aromatic rings. The maximum atomic E-state index is 4.35. The van der Waals surface area contributed by atoms with Crippen molar-refractivity contribution in [2.75, 3.05) is 0 Å². The molecule has 4 aromatic carbocycles. The molecule has 1 aliphatic rings. The fraction of sp³-hybridized carbons (Fsp3) is 0.235. The van der Waals surface area contributed by atoms with Crippen LogP contribution in [-0.4, -0.2) is 9.97 Å². The SMILES string of the molecule is CCCCc1ccc2ccc3c4c(ccc3c2c1)CCCC4.c1cnc2c(c1)ccc1cccnc12. The summed E-state index contributed by atoms with van der Waals surface area (Å²) in [6.07, 6.45) is 12.6. The van der Waals surface area contributed by atoms with Gasteiger partial charge in [0.05, 0.1) is 11.0 Å². The first-order valence-electron chi connectivity index (χ1n) is 13.4. The minimum absolute atomic E-state index is 0.977. The van der Waals surface area contributed by atoms with Crippen LogP contribution in [0.1, 0.15) is 49.3 Å². The Hall–Kier alpha value is -3.78. The summed E-state index contributed by atoms with van der Waals surface area (Å²) in [5, 5.41) is 8.05. The molecule has 0 spiro atoms. The van der Waals surface area contributed by atoms with Gasteiger partial charge in [0.1, 0.15) is 0 Å². The third-order valence-electron chi connectivity index (χ3n) is 7.58. The number of unbranched alkanes of at least 4 members (excludes halogenated alkanes) is 1. The lowest BCUT2D eigenvalue weighted by Crippen LogP contribution is -2.03. The molecule has 0 N–H and O–H groups in total. The Bertz CT molecular complexity index is 1630. The summed E-state index contributed by atoms with van der Waals surface area (Å²) >= 11 is 0. The zero-order valence-corrected chi connectivity index (χ0v) is 21.0. The molecule has 2 nitrogen and oxygen atoms in total. The van der Waals surface area contributed by atoms with Crippen LogP contribution in [0.4, 0.5) is 0 Å². The van der Waals surface area contributed by atoms with Gasteiger partial charge in [0, 0.05) is 23.2 Å². The molecule has 7 rings (SSSR count). The van der Waals surface area contributed by atoms with E-state index in [-0.39, 0.29) is 0 Å². The molecule has 2 heterocycles. The van der Waals surface area contributed by atoms with Gasteiger partial charge in [-0.25, -0.2) is 0 Å². The quantitative estimate of drug-likeness (QED) is 0.242. The van der Waals surface area contributed by atoms with Crippen molar-refractivity contribution in [2.45, 2.75) is 51.9 Å². The molecular formula is C34H32N2. The van der Waals surface area contributed by atoms with Crippen molar-refractivity contribution in [3.05, 3.63) is 108 Å². The third-order valence-corrected chi connectivity index (χ3v) is 7.58.